The van der Waals surface area contributed by atoms with Gasteiger partial charge < -0.3 is 19.7 Å². The van der Waals surface area contributed by atoms with Crippen molar-refractivity contribution in [1.29, 1.82) is 0 Å². The predicted octanol–water partition coefficient (Wildman–Crippen LogP) is 3.94. The molecule has 0 fully saturated rings. The van der Waals surface area contributed by atoms with Gasteiger partial charge in [-0.2, -0.15) is 0 Å². The summed E-state index contributed by atoms with van der Waals surface area (Å²) in [5, 5.41) is 3.28. The topological polar surface area (TPSA) is 50.8 Å². The molecule has 26 heavy (non-hydrogen) atoms. The van der Waals surface area contributed by atoms with Crippen molar-refractivity contribution in [3.05, 3.63) is 54.1 Å². The van der Waals surface area contributed by atoms with Crippen LogP contribution in [0, 0.1) is 0 Å². The summed E-state index contributed by atoms with van der Waals surface area (Å²) in [6.07, 6.45) is 0.417. The summed E-state index contributed by atoms with van der Waals surface area (Å²) in [7, 11) is 3.24. The number of carbonyl (C=O) groups is 1. The third kappa shape index (κ3) is 5.41. The van der Waals surface area contributed by atoms with Gasteiger partial charge in [0.05, 0.1) is 19.9 Å². The molecule has 0 aliphatic rings. The fourth-order valence-electron chi connectivity index (χ4n) is 2.73. The Morgan fingerprint density at radius 1 is 1.08 bits per heavy atom. The van der Waals surface area contributed by atoms with Gasteiger partial charge in [-0.15, -0.1) is 0 Å². The minimum absolute atomic E-state index is 0.129. The number of hydrogen-bond acceptors (Lipinski definition) is 4. The quantitative estimate of drug-likeness (QED) is 0.739. The Hall–Kier alpha value is -2.69. The van der Waals surface area contributed by atoms with Crippen LogP contribution < -0.4 is 14.8 Å². The van der Waals surface area contributed by atoms with Crippen LogP contribution in [0.4, 0.5) is 5.69 Å². The van der Waals surface area contributed by atoms with Crippen molar-refractivity contribution >= 4 is 11.6 Å². The molecule has 0 aliphatic heterocycles. The number of hydrogen-bond donors (Lipinski definition) is 1. The van der Waals surface area contributed by atoms with Crippen LogP contribution in [-0.4, -0.2) is 37.6 Å². The molecule has 0 spiro atoms. The van der Waals surface area contributed by atoms with Gasteiger partial charge in [-0.1, -0.05) is 30.3 Å². The molecule has 0 saturated carbocycles. The molecule has 2 rings (SSSR count). The fourth-order valence-corrected chi connectivity index (χ4v) is 2.73. The molecule has 0 aromatic heterocycles. The minimum Gasteiger partial charge on any atom is -0.497 e. The molecule has 2 aromatic carbocycles. The average Bonchev–Trinajstić information content (AvgIpc) is 2.66. The summed E-state index contributed by atoms with van der Waals surface area (Å²) in [6.45, 7) is 5.25. The maximum Gasteiger partial charge on any atom is 0.224 e. The van der Waals surface area contributed by atoms with Crippen molar-refractivity contribution in [2.75, 3.05) is 26.1 Å². The van der Waals surface area contributed by atoms with Gasteiger partial charge in [0.15, 0.2) is 0 Å². The molecule has 0 unspecified atom stereocenters. The van der Waals surface area contributed by atoms with Gasteiger partial charge in [-0.25, -0.2) is 0 Å². The van der Waals surface area contributed by atoms with E-state index in [1.807, 2.05) is 67.3 Å². The molecule has 1 N–H and O–H groups in total. The van der Waals surface area contributed by atoms with Crippen LogP contribution in [0.15, 0.2) is 48.5 Å². The molecule has 140 valence electrons. The Morgan fingerprint density at radius 2 is 1.81 bits per heavy atom. The number of nitrogens with zero attached hydrogens (tertiary/aromatic N) is 1. The predicted molar refractivity (Wildman–Crippen MR) is 105 cm³/mol. The molecular formula is C21H28N2O3. The lowest BCUT2D eigenvalue weighted by molar-refractivity contribution is -0.133. The monoisotopic (exact) mass is 356 g/mol. The molecular weight excluding hydrogens is 328 g/mol. The molecule has 2 aromatic rings. The number of carbonyl (C=O) groups excluding carboxylic acids is 1. The zero-order valence-corrected chi connectivity index (χ0v) is 16.0. The summed E-state index contributed by atoms with van der Waals surface area (Å²) in [6, 6.07) is 15.8. The van der Waals surface area contributed by atoms with E-state index in [-0.39, 0.29) is 11.9 Å². The van der Waals surface area contributed by atoms with E-state index in [2.05, 4.69) is 5.32 Å². The normalized spacial score (nSPS) is 10.5. The summed E-state index contributed by atoms with van der Waals surface area (Å²) in [4.78, 5) is 14.6. The zero-order chi connectivity index (χ0) is 18.9. The van der Waals surface area contributed by atoms with Gasteiger partial charge >= 0.3 is 0 Å². The van der Waals surface area contributed by atoms with Gasteiger partial charge in [0.2, 0.25) is 5.91 Å². The Bertz CT molecular complexity index is 702. The van der Waals surface area contributed by atoms with E-state index in [0.29, 0.717) is 25.3 Å². The van der Waals surface area contributed by atoms with Gasteiger partial charge in [0, 0.05) is 31.6 Å². The van der Waals surface area contributed by atoms with Crippen molar-refractivity contribution in [1.82, 2.24) is 4.90 Å². The number of anilines is 1. The highest BCUT2D eigenvalue weighted by Gasteiger charge is 2.17. The van der Waals surface area contributed by atoms with E-state index in [1.54, 1.807) is 14.2 Å². The Morgan fingerprint density at radius 3 is 2.42 bits per heavy atom. The van der Waals surface area contributed by atoms with Crippen LogP contribution in [-0.2, 0) is 11.3 Å². The number of methoxy groups -OCH3 is 2. The third-order valence-electron chi connectivity index (χ3n) is 4.20. The Balaban J connectivity index is 1.94. The number of ether oxygens (including phenoxy) is 2. The Labute approximate surface area is 155 Å². The number of benzene rings is 2. The van der Waals surface area contributed by atoms with Crippen molar-refractivity contribution < 1.29 is 14.3 Å². The van der Waals surface area contributed by atoms with Crippen LogP contribution in [0.3, 0.4) is 0 Å². The van der Waals surface area contributed by atoms with E-state index in [9.17, 15) is 4.79 Å². The van der Waals surface area contributed by atoms with Gasteiger partial charge in [0.1, 0.15) is 11.5 Å². The number of amides is 1. The molecule has 0 aliphatic carbocycles. The molecule has 5 nitrogen and oxygen atoms in total. The lowest BCUT2D eigenvalue weighted by Gasteiger charge is -2.27. The zero-order valence-electron chi connectivity index (χ0n) is 16.0. The van der Waals surface area contributed by atoms with Crippen molar-refractivity contribution in [2.24, 2.45) is 0 Å². The van der Waals surface area contributed by atoms with Crippen LogP contribution in [0.25, 0.3) is 0 Å². The first-order valence-electron chi connectivity index (χ1n) is 8.84. The van der Waals surface area contributed by atoms with Gasteiger partial charge in [-0.05, 0) is 31.5 Å². The van der Waals surface area contributed by atoms with Gasteiger partial charge in [0.25, 0.3) is 0 Å². The molecule has 0 saturated heterocycles. The Kier molecular flexibility index (Phi) is 7.33. The minimum atomic E-state index is 0.129. The number of nitrogens with one attached hydrogen (secondary N) is 1. The average molecular weight is 356 g/mol. The maximum atomic E-state index is 12.7. The molecule has 0 radical (unpaired) electrons. The summed E-state index contributed by atoms with van der Waals surface area (Å²) in [5.74, 6) is 1.56. The van der Waals surface area contributed by atoms with Crippen molar-refractivity contribution in [3.8, 4) is 11.5 Å². The number of rotatable bonds is 9. The second-order valence-corrected chi connectivity index (χ2v) is 6.34. The van der Waals surface area contributed by atoms with E-state index >= 15 is 0 Å². The van der Waals surface area contributed by atoms with Crippen molar-refractivity contribution in [2.45, 2.75) is 32.9 Å². The highest BCUT2D eigenvalue weighted by atomic mass is 16.5. The SMILES string of the molecule is COc1ccc(NCCC(=O)N(Cc2ccccc2)C(C)C)c(OC)c1. The van der Waals surface area contributed by atoms with E-state index in [4.69, 9.17) is 9.47 Å². The second-order valence-electron chi connectivity index (χ2n) is 6.34. The lowest BCUT2D eigenvalue weighted by atomic mass is 10.1. The van der Waals surface area contributed by atoms with Crippen molar-refractivity contribution in [3.63, 3.8) is 0 Å². The third-order valence-corrected chi connectivity index (χ3v) is 4.20. The summed E-state index contributed by atoms with van der Waals surface area (Å²) >= 11 is 0. The first kappa shape index (κ1) is 19.6. The van der Waals surface area contributed by atoms with E-state index in [1.165, 1.54) is 0 Å². The summed E-state index contributed by atoms with van der Waals surface area (Å²) in [5.41, 5.74) is 1.99. The molecule has 0 bridgehead atoms. The first-order chi connectivity index (χ1) is 12.5. The first-order valence-corrected chi connectivity index (χ1v) is 8.84. The maximum absolute atomic E-state index is 12.7. The second kappa shape index (κ2) is 9.70. The summed E-state index contributed by atoms with van der Waals surface area (Å²) < 4.78 is 10.6. The fraction of sp³-hybridized carbons (Fsp3) is 0.381. The lowest BCUT2D eigenvalue weighted by Crippen LogP contribution is -2.37. The largest absolute Gasteiger partial charge is 0.497 e. The van der Waals surface area contributed by atoms with E-state index in [0.717, 1.165) is 17.0 Å². The molecule has 0 heterocycles. The highest BCUT2D eigenvalue weighted by molar-refractivity contribution is 5.77. The van der Waals surface area contributed by atoms with Crippen LogP contribution >= 0.6 is 0 Å². The smallest absolute Gasteiger partial charge is 0.224 e. The van der Waals surface area contributed by atoms with Crippen LogP contribution in [0.1, 0.15) is 25.8 Å². The van der Waals surface area contributed by atoms with Gasteiger partial charge in [-0.3, -0.25) is 4.79 Å². The highest BCUT2D eigenvalue weighted by Crippen LogP contribution is 2.28. The molecule has 5 heteroatoms. The molecule has 0 atom stereocenters. The standard InChI is InChI=1S/C21H28N2O3/c1-16(2)23(15-17-8-6-5-7-9-17)21(24)12-13-22-19-11-10-18(25-3)14-20(19)26-4/h5-11,14,16,22H,12-13,15H2,1-4H3. The van der Waals surface area contributed by atoms with Crippen LogP contribution in [0.2, 0.25) is 0 Å². The van der Waals surface area contributed by atoms with E-state index < -0.39 is 0 Å². The molecule has 1 amide bonds. The van der Waals surface area contributed by atoms with Crippen LogP contribution in [0.5, 0.6) is 11.5 Å².